The van der Waals surface area contributed by atoms with Gasteiger partial charge in [-0.1, -0.05) is 18.2 Å². The van der Waals surface area contributed by atoms with Crippen LogP contribution in [0.15, 0.2) is 42.5 Å². The van der Waals surface area contributed by atoms with Crippen LogP contribution in [0.3, 0.4) is 0 Å². The maximum Gasteiger partial charge on any atom is 0.310 e. The van der Waals surface area contributed by atoms with Gasteiger partial charge in [-0.05, 0) is 77.6 Å². The lowest BCUT2D eigenvalue weighted by Gasteiger charge is -2.36. The average molecular weight is 448 g/mol. The Kier molecular flexibility index (Phi) is 6.75. The van der Waals surface area contributed by atoms with Crippen LogP contribution in [-0.4, -0.2) is 38.2 Å². The molecule has 0 fully saturated rings. The van der Waals surface area contributed by atoms with Crippen LogP contribution in [0.2, 0.25) is 0 Å². The second-order valence-electron chi connectivity index (χ2n) is 8.57. The summed E-state index contributed by atoms with van der Waals surface area (Å²) in [4.78, 5) is 14.6. The van der Waals surface area contributed by atoms with Crippen LogP contribution in [0.4, 0.5) is 11.4 Å². The molecule has 1 heterocycles. The summed E-state index contributed by atoms with van der Waals surface area (Å²) in [5.41, 5.74) is 12.6. The smallest absolute Gasteiger partial charge is 0.310 e. The van der Waals surface area contributed by atoms with Crippen molar-refractivity contribution in [3.63, 3.8) is 0 Å². The largest absolute Gasteiger partial charge is 0.495 e. The summed E-state index contributed by atoms with van der Waals surface area (Å²) < 4.78 is 10.7. The van der Waals surface area contributed by atoms with Crippen LogP contribution in [0.1, 0.15) is 42.1 Å². The minimum absolute atomic E-state index is 0.188. The number of carbonyl (C=O) groups is 1. The molecule has 1 atom stereocenters. The van der Waals surface area contributed by atoms with E-state index in [4.69, 9.17) is 15.2 Å². The van der Waals surface area contributed by atoms with Crippen LogP contribution >= 0.6 is 0 Å². The summed E-state index contributed by atoms with van der Waals surface area (Å²) in [6, 6.07) is 15.0. The minimum Gasteiger partial charge on any atom is -0.495 e. The van der Waals surface area contributed by atoms with Gasteiger partial charge in [-0.15, -0.1) is 0 Å². The zero-order chi connectivity index (χ0) is 23.5. The maximum absolute atomic E-state index is 12.1. The van der Waals surface area contributed by atoms with Crippen LogP contribution in [-0.2, 0) is 28.9 Å². The quantitative estimate of drug-likeness (QED) is 0.404. The summed E-state index contributed by atoms with van der Waals surface area (Å²) in [5, 5.41) is 5.35. The molecule has 0 aromatic heterocycles. The van der Waals surface area contributed by atoms with Gasteiger partial charge in [0.15, 0.2) is 0 Å². The molecule has 6 heteroatoms. The number of anilines is 2. The lowest BCUT2D eigenvalue weighted by Crippen LogP contribution is -2.33. The first-order valence-electron chi connectivity index (χ1n) is 11.5. The number of esters is 1. The van der Waals surface area contributed by atoms with Crippen molar-refractivity contribution in [2.24, 2.45) is 0 Å². The Morgan fingerprint density at radius 2 is 2.03 bits per heavy atom. The van der Waals surface area contributed by atoms with Gasteiger partial charge >= 0.3 is 5.97 Å². The highest BCUT2D eigenvalue weighted by molar-refractivity contribution is 5.93. The molecule has 0 saturated carbocycles. The van der Waals surface area contributed by atoms with Gasteiger partial charge in [0.2, 0.25) is 0 Å². The summed E-state index contributed by atoms with van der Waals surface area (Å²) in [6.45, 7) is 6.29. The third-order valence-corrected chi connectivity index (χ3v) is 6.64. The van der Waals surface area contributed by atoms with Gasteiger partial charge in [0.05, 0.1) is 25.8 Å². The lowest BCUT2D eigenvalue weighted by molar-refractivity contribution is -0.142. The van der Waals surface area contributed by atoms with Crippen molar-refractivity contribution in [1.29, 1.82) is 0 Å². The molecule has 3 N–H and O–H groups in total. The van der Waals surface area contributed by atoms with E-state index in [1.807, 2.05) is 26.1 Å². The van der Waals surface area contributed by atoms with Crippen molar-refractivity contribution in [2.45, 2.75) is 39.3 Å². The molecule has 1 unspecified atom stereocenters. The molecular formula is C27H33N3O3. The summed E-state index contributed by atoms with van der Waals surface area (Å²) in [5.74, 6) is 0.642. The highest BCUT2D eigenvalue weighted by Gasteiger charge is 2.25. The first kappa shape index (κ1) is 22.9. The van der Waals surface area contributed by atoms with Gasteiger partial charge in [-0.2, -0.15) is 0 Å². The molecule has 0 aliphatic carbocycles. The number of carbonyl (C=O) groups excluding carboxylic acids is 1. The van der Waals surface area contributed by atoms with Gasteiger partial charge in [0, 0.05) is 31.9 Å². The van der Waals surface area contributed by atoms with E-state index in [1.54, 1.807) is 7.11 Å². The van der Waals surface area contributed by atoms with Crippen LogP contribution in [0.5, 0.6) is 5.75 Å². The lowest BCUT2D eigenvalue weighted by atomic mass is 9.91. The molecule has 0 amide bonds. The number of ether oxygens (including phenoxy) is 2. The monoisotopic (exact) mass is 447 g/mol. The fourth-order valence-corrected chi connectivity index (χ4v) is 4.83. The molecule has 3 aromatic carbocycles. The minimum atomic E-state index is -0.251. The summed E-state index contributed by atoms with van der Waals surface area (Å²) in [6.07, 6.45) is 1.18. The van der Waals surface area contributed by atoms with E-state index in [2.05, 4.69) is 47.5 Å². The molecule has 6 nitrogen and oxygen atoms in total. The molecule has 1 aliphatic rings. The first-order chi connectivity index (χ1) is 15.9. The maximum atomic E-state index is 12.1. The van der Waals surface area contributed by atoms with E-state index in [1.165, 1.54) is 16.7 Å². The van der Waals surface area contributed by atoms with E-state index >= 15 is 0 Å². The Balaban J connectivity index is 1.58. The van der Waals surface area contributed by atoms with Crippen molar-refractivity contribution >= 4 is 28.1 Å². The first-order valence-corrected chi connectivity index (χ1v) is 11.5. The molecule has 33 heavy (non-hydrogen) atoms. The Hall–Kier alpha value is -3.25. The molecule has 0 bridgehead atoms. The number of nitrogen functional groups attached to an aromatic ring is 1. The van der Waals surface area contributed by atoms with Gasteiger partial charge in [0.25, 0.3) is 0 Å². The number of methoxy groups -OCH3 is 1. The third kappa shape index (κ3) is 4.62. The average Bonchev–Trinajstić information content (AvgIpc) is 2.82. The Labute approximate surface area is 195 Å². The van der Waals surface area contributed by atoms with Gasteiger partial charge in [0.1, 0.15) is 5.75 Å². The second kappa shape index (κ2) is 9.71. The van der Waals surface area contributed by atoms with E-state index in [-0.39, 0.29) is 12.4 Å². The Morgan fingerprint density at radius 3 is 2.76 bits per heavy atom. The van der Waals surface area contributed by atoms with E-state index in [0.29, 0.717) is 18.3 Å². The van der Waals surface area contributed by atoms with Crippen LogP contribution in [0, 0.1) is 0 Å². The highest BCUT2D eigenvalue weighted by atomic mass is 16.5. The Bertz CT molecular complexity index is 1170. The topological polar surface area (TPSA) is 76.8 Å². The molecule has 1 aliphatic heterocycles. The number of fused-ring (bicyclic) bond motifs is 2. The van der Waals surface area contributed by atoms with E-state index < -0.39 is 0 Å². The van der Waals surface area contributed by atoms with Gasteiger partial charge in [-0.25, -0.2) is 0 Å². The normalized spacial score (nSPS) is 15.8. The predicted octanol–water partition coefficient (Wildman–Crippen LogP) is 4.70. The molecule has 0 radical (unpaired) electrons. The summed E-state index contributed by atoms with van der Waals surface area (Å²) >= 11 is 0. The number of nitrogens with zero attached hydrogens (tertiary/aromatic N) is 1. The van der Waals surface area contributed by atoms with Gasteiger partial charge in [-0.3, -0.25) is 9.69 Å². The number of hydrogen-bond donors (Lipinski definition) is 2. The summed E-state index contributed by atoms with van der Waals surface area (Å²) in [7, 11) is 3.64. The Morgan fingerprint density at radius 1 is 1.21 bits per heavy atom. The fourth-order valence-electron chi connectivity index (χ4n) is 4.83. The zero-order valence-electron chi connectivity index (χ0n) is 19.9. The van der Waals surface area contributed by atoms with Crippen molar-refractivity contribution < 1.29 is 14.3 Å². The number of benzene rings is 3. The standard InChI is InChI=1S/C27H33N3O3/c1-5-33-27(31)15-23-21-8-6-18(12-19(21)7-9-24(23)28)16-30-11-10-20-13-26(32-4)25(29-3)14-22(20)17(30)2/h6-9,12-14,17,29H,5,10-11,15-16,28H2,1-4H3. The number of nitrogens with one attached hydrogen (secondary N) is 1. The predicted molar refractivity (Wildman–Crippen MR) is 134 cm³/mol. The highest BCUT2D eigenvalue weighted by Crippen LogP contribution is 2.37. The molecule has 0 spiro atoms. The zero-order valence-corrected chi connectivity index (χ0v) is 19.9. The third-order valence-electron chi connectivity index (χ3n) is 6.64. The van der Waals surface area contributed by atoms with Crippen molar-refractivity contribution in [3.05, 3.63) is 64.7 Å². The molecule has 174 valence electrons. The van der Waals surface area contributed by atoms with Crippen molar-refractivity contribution in [1.82, 2.24) is 4.90 Å². The SMILES string of the molecule is CCOC(=O)Cc1c(N)ccc2cc(CN3CCc4cc(OC)c(NC)cc4C3C)ccc12. The van der Waals surface area contributed by atoms with Crippen LogP contribution < -0.4 is 15.8 Å². The molecule has 3 aromatic rings. The van der Waals surface area contributed by atoms with E-state index in [9.17, 15) is 4.79 Å². The van der Waals surface area contributed by atoms with Crippen molar-refractivity contribution in [3.8, 4) is 5.75 Å². The van der Waals surface area contributed by atoms with Crippen LogP contribution in [0.25, 0.3) is 10.8 Å². The number of rotatable bonds is 7. The second-order valence-corrected chi connectivity index (χ2v) is 8.57. The number of nitrogens with two attached hydrogens (primary N) is 1. The number of hydrogen-bond acceptors (Lipinski definition) is 6. The molecule has 0 saturated heterocycles. The van der Waals surface area contributed by atoms with Crippen molar-refractivity contribution in [2.75, 3.05) is 38.4 Å². The van der Waals surface area contributed by atoms with Gasteiger partial charge < -0.3 is 20.5 Å². The van der Waals surface area contributed by atoms with E-state index in [0.717, 1.165) is 47.3 Å². The fraction of sp³-hybridized carbons (Fsp3) is 0.370. The molecular weight excluding hydrogens is 414 g/mol. The molecule has 4 rings (SSSR count).